The molecular formula is C9H19O. The smallest absolute Gasteiger partial charge is 0.0822 e. The van der Waals surface area contributed by atoms with Gasteiger partial charge in [0.25, 0.3) is 0 Å². The minimum absolute atomic E-state index is 0.111. The van der Waals surface area contributed by atoms with Gasteiger partial charge in [0.1, 0.15) is 0 Å². The van der Waals surface area contributed by atoms with Crippen molar-refractivity contribution in [2.75, 3.05) is 6.61 Å². The van der Waals surface area contributed by atoms with Crippen LogP contribution in [0.3, 0.4) is 0 Å². The van der Waals surface area contributed by atoms with Crippen molar-refractivity contribution >= 4 is 0 Å². The second-order valence-electron chi connectivity index (χ2n) is 2.88. The molecule has 61 valence electrons. The third-order valence-electron chi connectivity index (χ3n) is 2.16. The normalized spacial score (nSPS) is 10.8. The fraction of sp³-hybridized carbons (Fsp3) is 1.00. The summed E-state index contributed by atoms with van der Waals surface area (Å²) < 4.78 is 0. The SMILES string of the molecule is CCC(CC)CCCC[O]. The molecule has 10 heavy (non-hydrogen) atoms. The first-order valence-electron chi connectivity index (χ1n) is 4.43. The van der Waals surface area contributed by atoms with E-state index < -0.39 is 0 Å². The fourth-order valence-corrected chi connectivity index (χ4v) is 1.23. The topological polar surface area (TPSA) is 19.9 Å². The molecule has 0 rings (SSSR count). The monoisotopic (exact) mass is 143 g/mol. The Morgan fingerprint density at radius 3 is 2.10 bits per heavy atom. The Bertz CT molecular complexity index is 57.7. The first-order valence-corrected chi connectivity index (χ1v) is 4.43. The lowest BCUT2D eigenvalue weighted by Gasteiger charge is -2.09. The minimum Gasteiger partial charge on any atom is -0.237 e. The van der Waals surface area contributed by atoms with Crippen LogP contribution in [0.1, 0.15) is 46.0 Å². The molecule has 0 aromatic carbocycles. The maximum atomic E-state index is 10.1. The van der Waals surface area contributed by atoms with Gasteiger partial charge in [-0.2, -0.15) is 0 Å². The van der Waals surface area contributed by atoms with Gasteiger partial charge in [-0.25, -0.2) is 5.11 Å². The summed E-state index contributed by atoms with van der Waals surface area (Å²) in [6, 6.07) is 0. The van der Waals surface area contributed by atoms with E-state index in [-0.39, 0.29) is 6.61 Å². The Labute approximate surface area is 64.5 Å². The molecule has 0 bridgehead atoms. The van der Waals surface area contributed by atoms with Crippen LogP contribution in [0.4, 0.5) is 0 Å². The van der Waals surface area contributed by atoms with Crippen LogP contribution >= 0.6 is 0 Å². The highest BCUT2D eigenvalue weighted by molar-refractivity contribution is 4.54. The van der Waals surface area contributed by atoms with Gasteiger partial charge >= 0.3 is 0 Å². The van der Waals surface area contributed by atoms with Crippen molar-refractivity contribution in [3.05, 3.63) is 0 Å². The van der Waals surface area contributed by atoms with Crippen LogP contribution in [-0.4, -0.2) is 6.61 Å². The molecule has 1 radical (unpaired) electrons. The summed E-state index contributed by atoms with van der Waals surface area (Å²) in [4.78, 5) is 0. The summed E-state index contributed by atoms with van der Waals surface area (Å²) in [5.41, 5.74) is 0. The maximum Gasteiger partial charge on any atom is 0.0822 e. The minimum atomic E-state index is 0.111. The van der Waals surface area contributed by atoms with Crippen LogP contribution in [0, 0.1) is 5.92 Å². The van der Waals surface area contributed by atoms with E-state index in [1.807, 2.05) is 0 Å². The molecule has 0 spiro atoms. The van der Waals surface area contributed by atoms with Gasteiger partial charge in [-0.3, -0.25) is 0 Å². The van der Waals surface area contributed by atoms with Crippen LogP contribution < -0.4 is 0 Å². The number of rotatable bonds is 6. The predicted molar refractivity (Wildman–Crippen MR) is 43.5 cm³/mol. The Balaban J connectivity index is 3.09. The van der Waals surface area contributed by atoms with Crippen molar-refractivity contribution in [3.63, 3.8) is 0 Å². The zero-order valence-electron chi connectivity index (χ0n) is 7.23. The molecule has 0 aliphatic heterocycles. The summed E-state index contributed by atoms with van der Waals surface area (Å²) in [6.07, 6.45) is 5.81. The second kappa shape index (κ2) is 7.07. The first kappa shape index (κ1) is 9.96. The molecule has 0 aromatic heterocycles. The zero-order chi connectivity index (χ0) is 7.82. The lowest BCUT2D eigenvalue weighted by molar-refractivity contribution is 0.183. The maximum absolute atomic E-state index is 10.1. The number of hydrogen-bond donors (Lipinski definition) is 0. The van der Waals surface area contributed by atoms with Gasteiger partial charge in [-0.15, -0.1) is 0 Å². The summed E-state index contributed by atoms with van der Waals surface area (Å²) in [5.74, 6) is 0.867. The molecular weight excluding hydrogens is 124 g/mol. The standard InChI is InChI=1S/C9H19O/c1-3-9(4-2)7-5-6-8-10/h9H,3-8H2,1-2H3. The third kappa shape index (κ3) is 4.80. The molecule has 0 saturated carbocycles. The van der Waals surface area contributed by atoms with E-state index in [4.69, 9.17) is 0 Å². The summed E-state index contributed by atoms with van der Waals surface area (Å²) in [7, 11) is 0. The van der Waals surface area contributed by atoms with Gasteiger partial charge < -0.3 is 0 Å². The molecule has 0 saturated heterocycles. The Morgan fingerprint density at radius 2 is 1.70 bits per heavy atom. The van der Waals surface area contributed by atoms with Crippen molar-refractivity contribution in [2.24, 2.45) is 5.92 Å². The fourth-order valence-electron chi connectivity index (χ4n) is 1.23. The van der Waals surface area contributed by atoms with Crippen molar-refractivity contribution in [1.82, 2.24) is 0 Å². The highest BCUT2D eigenvalue weighted by Crippen LogP contribution is 2.15. The highest BCUT2D eigenvalue weighted by Gasteiger charge is 2.01. The van der Waals surface area contributed by atoms with E-state index in [0.717, 1.165) is 18.8 Å². The molecule has 0 unspecified atom stereocenters. The van der Waals surface area contributed by atoms with E-state index in [0.29, 0.717) is 0 Å². The van der Waals surface area contributed by atoms with Gasteiger partial charge in [-0.05, 0) is 12.3 Å². The average Bonchev–Trinajstić information content (AvgIpc) is 1.99. The van der Waals surface area contributed by atoms with E-state index in [1.165, 1.54) is 19.3 Å². The third-order valence-corrected chi connectivity index (χ3v) is 2.16. The van der Waals surface area contributed by atoms with Crippen molar-refractivity contribution in [2.45, 2.75) is 46.0 Å². The van der Waals surface area contributed by atoms with Gasteiger partial charge in [0.15, 0.2) is 0 Å². The molecule has 0 amide bonds. The van der Waals surface area contributed by atoms with Crippen molar-refractivity contribution in [3.8, 4) is 0 Å². The van der Waals surface area contributed by atoms with Crippen LogP contribution in [0.2, 0.25) is 0 Å². The molecule has 0 aromatic rings. The van der Waals surface area contributed by atoms with Gasteiger partial charge in [0, 0.05) is 0 Å². The van der Waals surface area contributed by atoms with E-state index in [2.05, 4.69) is 13.8 Å². The first-order chi connectivity index (χ1) is 4.85. The Kier molecular flexibility index (Phi) is 7.04. The molecule has 1 nitrogen and oxygen atoms in total. The van der Waals surface area contributed by atoms with E-state index in [9.17, 15) is 5.11 Å². The Hall–Kier alpha value is -0.0400. The zero-order valence-corrected chi connectivity index (χ0v) is 7.23. The van der Waals surface area contributed by atoms with Crippen LogP contribution in [0.15, 0.2) is 0 Å². The van der Waals surface area contributed by atoms with Crippen molar-refractivity contribution < 1.29 is 5.11 Å². The largest absolute Gasteiger partial charge is 0.237 e. The van der Waals surface area contributed by atoms with E-state index >= 15 is 0 Å². The molecule has 0 heterocycles. The molecule has 0 N–H and O–H groups in total. The average molecular weight is 143 g/mol. The van der Waals surface area contributed by atoms with Crippen molar-refractivity contribution in [1.29, 1.82) is 0 Å². The summed E-state index contributed by atoms with van der Waals surface area (Å²) >= 11 is 0. The Morgan fingerprint density at radius 1 is 1.10 bits per heavy atom. The molecule has 0 aliphatic rings. The lowest BCUT2D eigenvalue weighted by Crippen LogP contribution is -1.96. The van der Waals surface area contributed by atoms with E-state index in [1.54, 1.807) is 0 Å². The quantitative estimate of drug-likeness (QED) is 0.509. The molecule has 1 heteroatoms. The molecule has 0 aliphatic carbocycles. The second-order valence-corrected chi connectivity index (χ2v) is 2.88. The summed E-state index contributed by atoms with van der Waals surface area (Å²) in [5, 5.41) is 10.1. The number of unbranched alkanes of at least 4 members (excludes halogenated alkanes) is 1. The van der Waals surface area contributed by atoms with Gasteiger partial charge in [0.2, 0.25) is 0 Å². The van der Waals surface area contributed by atoms with Crippen LogP contribution in [0.5, 0.6) is 0 Å². The highest BCUT2D eigenvalue weighted by atomic mass is 16.2. The van der Waals surface area contributed by atoms with Crippen LogP contribution in [-0.2, 0) is 5.11 Å². The number of hydrogen-bond acceptors (Lipinski definition) is 0. The molecule has 0 atom stereocenters. The lowest BCUT2D eigenvalue weighted by atomic mass is 9.97. The van der Waals surface area contributed by atoms with Crippen LogP contribution in [0.25, 0.3) is 0 Å². The van der Waals surface area contributed by atoms with Gasteiger partial charge in [-0.1, -0.05) is 39.5 Å². The summed E-state index contributed by atoms with van der Waals surface area (Å²) in [6.45, 7) is 4.57. The van der Waals surface area contributed by atoms with Gasteiger partial charge in [0.05, 0.1) is 6.61 Å². The molecule has 0 fully saturated rings. The predicted octanol–water partition coefficient (Wildman–Crippen LogP) is 3.02.